The van der Waals surface area contributed by atoms with Gasteiger partial charge in [-0.25, -0.2) is 4.98 Å². The molecule has 0 saturated carbocycles. The van der Waals surface area contributed by atoms with E-state index < -0.39 is 0 Å². The molecule has 0 aliphatic heterocycles. The molecule has 132 valence electrons. The van der Waals surface area contributed by atoms with Crippen LogP contribution in [0.25, 0.3) is 0 Å². The van der Waals surface area contributed by atoms with E-state index in [0.29, 0.717) is 6.54 Å². The Hall–Kier alpha value is -0.870. The number of nitrogens with one attached hydrogen (secondary N) is 1. The van der Waals surface area contributed by atoms with Crippen molar-refractivity contribution in [1.82, 2.24) is 15.2 Å². The van der Waals surface area contributed by atoms with Gasteiger partial charge in [0.2, 0.25) is 0 Å². The van der Waals surface area contributed by atoms with Gasteiger partial charge in [0, 0.05) is 26.0 Å². The molecule has 0 fully saturated rings. The predicted molar refractivity (Wildman–Crippen MR) is 115 cm³/mol. The number of thiazole rings is 1. The van der Waals surface area contributed by atoms with Crippen LogP contribution in [0.15, 0.2) is 33.0 Å². The quantitative estimate of drug-likeness (QED) is 0.364. The molecule has 2 rings (SSSR count). The zero-order valence-electron chi connectivity index (χ0n) is 14.2. The number of halogens is 2. The minimum absolute atomic E-state index is 0. The largest absolute Gasteiger partial charge is 0.496 e. The van der Waals surface area contributed by atoms with E-state index in [-0.39, 0.29) is 24.0 Å². The Bertz CT molecular complexity index is 692. The maximum Gasteiger partial charge on any atom is 0.194 e. The molecular weight excluding hydrogens is 503 g/mol. The molecule has 24 heavy (non-hydrogen) atoms. The molecule has 0 aliphatic rings. The highest BCUT2D eigenvalue weighted by Crippen LogP contribution is 2.25. The van der Waals surface area contributed by atoms with Crippen LogP contribution in [-0.2, 0) is 13.1 Å². The smallest absolute Gasteiger partial charge is 0.194 e. The first-order valence-corrected chi connectivity index (χ1v) is 8.86. The van der Waals surface area contributed by atoms with E-state index in [2.05, 4.69) is 41.5 Å². The van der Waals surface area contributed by atoms with Crippen molar-refractivity contribution in [2.75, 3.05) is 21.2 Å². The van der Waals surface area contributed by atoms with Crippen LogP contribution in [-0.4, -0.2) is 37.0 Å². The average molecular weight is 525 g/mol. The molecule has 0 saturated heterocycles. The number of hydrogen-bond donors (Lipinski definition) is 1. The highest BCUT2D eigenvalue weighted by Gasteiger charge is 2.09. The molecule has 1 N–H and O–H groups in total. The number of aliphatic imine (C=N–C) groups is 1. The second-order valence-corrected chi connectivity index (χ2v) is 7.00. The summed E-state index contributed by atoms with van der Waals surface area (Å²) in [6.07, 6.45) is 0. The van der Waals surface area contributed by atoms with Crippen LogP contribution in [0.4, 0.5) is 0 Å². The second-order valence-electron chi connectivity index (χ2n) is 5.08. The van der Waals surface area contributed by atoms with Gasteiger partial charge in [0.25, 0.3) is 0 Å². The Morgan fingerprint density at radius 2 is 2.21 bits per heavy atom. The maximum absolute atomic E-state index is 5.25. The zero-order chi connectivity index (χ0) is 16.8. The second kappa shape index (κ2) is 10.2. The number of rotatable bonds is 5. The SMILES string of the molecule is CN=C(NCc1ccc(OC)c(Br)c1)N(C)Cc1csc(C)n1.I. The summed E-state index contributed by atoms with van der Waals surface area (Å²) in [5, 5.41) is 6.53. The van der Waals surface area contributed by atoms with Crippen molar-refractivity contribution in [3.8, 4) is 5.75 Å². The van der Waals surface area contributed by atoms with E-state index in [1.807, 2.05) is 32.2 Å². The molecule has 1 aromatic carbocycles. The molecule has 0 radical (unpaired) electrons. The average Bonchev–Trinajstić information content (AvgIpc) is 2.93. The molecule has 5 nitrogen and oxygen atoms in total. The van der Waals surface area contributed by atoms with Crippen LogP contribution < -0.4 is 10.1 Å². The third-order valence-electron chi connectivity index (χ3n) is 3.31. The summed E-state index contributed by atoms with van der Waals surface area (Å²) in [6.45, 7) is 3.44. The highest BCUT2D eigenvalue weighted by molar-refractivity contribution is 14.0. The number of hydrogen-bond acceptors (Lipinski definition) is 4. The van der Waals surface area contributed by atoms with E-state index in [4.69, 9.17) is 4.74 Å². The lowest BCUT2D eigenvalue weighted by atomic mass is 10.2. The van der Waals surface area contributed by atoms with Gasteiger partial charge in [0.1, 0.15) is 5.75 Å². The van der Waals surface area contributed by atoms with Gasteiger partial charge in [-0.1, -0.05) is 6.07 Å². The summed E-state index contributed by atoms with van der Waals surface area (Å²) >= 11 is 5.17. The molecule has 0 atom stereocenters. The van der Waals surface area contributed by atoms with Gasteiger partial charge in [-0.15, -0.1) is 35.3 Å². The van der Waals surface area contributed by atoms with Crippen LogP contribution in [0.3, 0.4) is 0 Å². The van der Waals surface area contributed by atoms with Crippen LogP contribution in [0.5, 0.6) is 5.75 Å². The van der Waals surface area contributed by atoms with E-state index in [1.165, 1.54) is 0 Å². The summed E-state index contributed by atoms with van der Waals surface area (Å²) in [7, 11) is 5.46. The Kier molecular flexibility index (Phi) is 8.99. The first-order valence-electron chi connectivity index (χ1n) is 7.18. The van der Waals surface area contributed by atoms with E-state index in [1.54, 1.807) is 25.5 Å². The summed E-state index contributed by atoms with van der Waals surface area (Å²) < 4.78 is 6.19. The lowest BCUT2D eigenvalue weighted by Gasteiger charge is -2.21. The monoisotopic (exact) mass is 524 g/mol. The molecule has 0 bridgehead atoms. The van der Waals surface area contributed by atoms with Crippen molar-refractivity contribution < 1.29 is 4.74 Å². The highest BCUT2D eigenvalue weighted by atomic mass is 127. The molecular formula is C16H22BrIN4OS. The fourth-order valence-corrected chi connectivity index (χ4v) is 3.38. The van der Waals surface area contributed by atoms with Gasteiger partial charge >= 0.3 is 0 Å². The molecule has 0 aliphatic carbocycles. The number of guanidine groups is 1. The lowest BCUT2D eigenvalue weighted by Crippen LogP contribution is -2.38. The maximum atomic E-state index is 5.25. The molecule has 1 aromatic heterocycles. The fourth-order valence-electron chi connectivity index (χ4n) is 2.18. The molecule has 0 spiro atoms. The number of benzene rings is 1. The molecule has 2 aromatic rings. The van der Waals surface area contributed by atoms with Gasteiger partial charge in [-0.2, -0.15) is 0 Å². The molecule has 8 heteroatoms. The van der Waals surface area contributed by atoms with Crippen molar-refractivity contribution in [2.45, 2.75) is 20.0 Å². The van der Waals surface area contributed by atoms with E-state index in [9.17, 15) is 0 Å². The Morgan fingerprint density at radius 3 is 2.75 bits per heavy atom. The zero-order valence-corrected chi connectivity index (χ0v) is 18.9. The van der Waals surface area contributed by atoms with Crippen molar-refractivity contribution >= 4 is 57.2 Å². The topological polar surface area (TPSA) is 49.8 Å². The molecule has 0 unspecified atom stereocenters. The normalized spacial score (nSPS) is 11.0. The Morgan fingerprint density at radius 1 is 1.46 bits per heavy atom. The summed E-state index contributed by atoms with van der Waals surface area (Å²) in [4.78, 5) is 10.9. The van der Waals surface area contributed by atoms with Gasteiger partial charge in [-0.05, 0) is 40.5 Å². The molecule has 1 heterocycles. The number of methoxy groups -OCH3 is 1. The van der Waals surface area contributed by atoms with Gasteiger partial charge in [0.15, 0.2) is 5.96 Å². The van der Waals surface area contributed by atoms with Crippen molar-refractivity contribution in [1.29, 1.82) is 0 Å². The van der Waals surface area contributed by atoms with Crippen LogP contribution in [0, 0.1) is 6.92 Å². The minimum atomic E-state index is 0. The van der Waals surface area contributed by atoms with Gasteiger partial charge in [-0.3, -0.25) is 4.99 Å². The van der Waals surface area contributed by atoms with Crippen molar-refractivity contribution in [2.24, 2.45) is 4.99 Å². The number of ether oxygens (including phenoxy) is 1. The van der Waals surface area contributed by atoms with E-state index >= 15 is 0 Å². The van der Waals surface area contributed by atoms with Crippen LogP contribution in [0.2, 0.25) is 0 Å². The standard InChI is InChI=1S/C16H21BrN4OS.HI/c1-11-20-13(10-23-11)9-21(3)16(18-2)19-8-12-5-6-15(22-4)14(17)7-12;/h5-7,10H,8-9H2,1-4H3,(H,18,19);1H. The van der Waals surface area contributed by atoms with Crippen molar-refractivity contribution in [3.63, 3.8) is 0 Å². The van der Waals surface area contributed by atoms with E-state index in [0.717, 1.165) is 39.0 Å². The van der Waals surface area contributed by atoms with Gasteiger partial charge < -0.3 is 15.0 Å². The summed E-state index contributed by atoms with van der Waals surface area (Å²) in [5.74, 6) is 1.66. The lowest BCUT2D eigenvalue weighted by molar-refractivity contribution is 0.412. The fraction of sp³-hybridized carbons (Fsp3) is 0.375. The molecule has 0 amide bonds. The minimum Gasteiger partial charge on any atom is -0.496 e. The third-order valence-corrected chi connectivity index (χ3v) is 4.75. The number of aryl methyl sites for hydroxylation is 1. The summed E-state index contributed by atoms with van der Waals surface area (Å²) in [6, 6.07) is 6.03. The number of nitrogens with zero attached hydrogens (tertiary/aromatic N) is 3. The first kappa shape index (κ1) is 21.2. The van der Waals surface area contributed by atoms with Crippen LogP contribution in [0.1, 0.15) is 16.3 Å². The predicted octanol–water partition coefficient (Wildman–Crippen LogP) is 4.05. The Labute approximate surface area is 172 Å². The Balaban J connectivity index is 0.00000288. The number of aromatic nitrogens is 1. The summed E-state index contributed by atoms with van der Waals surface area (Å²) in [5.41, 5.74) is 2.21. The van der Waals surface area contributed by atoms with Gasteiger partial charge in [0.05, 0.1) is 28.8 Å². The van der Waals surface area contributed by atoms with Crippen molar-refractivity contribution in [3.05, 3.63) is 44.3 Å². The first-order chi connectivity index (χ1) is 11.0. The van der Waals surface area contributed by atoms with Crippen LogP contribution >= 0.6 is 51.2 Å². The third kappa shape index (κ3) is 5.89.